The second-order valence-corrected chi connectivity index (χ2v) is 5.09. The molecule has 0 amide bonds. The summed E-state index contributed by atoms with van der Waals surface area (Å²) in [6.07, 6.45) is 1.91. The number of carbonyl (C=O) groups is 1. The van der Waals surface area contributed by atoms with Crippen LogP contribution in [0.2, 0.25) is 0 Å². The molecule has 1 atom stereocenters. The van der Waals surface area contributed by atoms with Gasteiger partial charge in [-0.25, -0.2) is 4.79 Å². The number of hydrogen-bond acceptors (Lipinski definition) is 3. The molecule has 1 heterocycles. The largest absolute Gasteiger partial charge is 0.478 e. The minimum absolute atomic E-state index is 0.172. The lowest BCUT2D eigenvalue weighted by Crippen LogP contribution is -2.30. The first-order valence-electron chi connectivity index (χ1n) is 6.99. The number of nitrogens with two attached hydrogens (primary N) is 1. The number of dihydropyridines is 1. The molecule has 1 aliphatic rings. The Morgan fingerprint density at radius 1 is 1.00 bits per heavy atom. The summed E-state index contributed by atoms with van der Waals surface area (Å²) in [4.78, 5) is 11.6. The van der Waals surface area contributed by atoms with Gasteiger partial charge >= 0.3 is 5.97 Å². The third kappa shape index (κ3) is 2.59. The minimum atomic E-state index is -1.01. The van der Waals surface area contributed by atoms with E-state index in [0.29, 0.717) is 0 Å². The van der Waals surface area contributed by atoms with Gasteiger partial charge < -0.3 is 16.2 Å². The average molecular weight is 292 g/mol. The van der Waals surface area contributed by atoms with Crippen molar-refractivity contribution in [2.24, 2.45) is 5.73 Å². The molecule has 2 aromatic carbocycles. The molecule has 4 N–H and O–H groups in total. The second-order valence-electron chi connectivity index (χ2n) is 5.09. The van der Waals surface area contributed by atoms with Gasteiger partial charge in [-0.15, -0.1) is 0 Å². The van der Waals surface area contributed by atoms with E-state index in [4.69, 9.17) is 5.73 Å². The van der Waals surface area contributed by atoms with Gasteiger partial charge in [0.15, 0.2) is 0 Å². The fraction of sp³-hybridized carbons (Fsp3) is 0.0556. The van der Waals surface area contributed by atoms with Crippen LogP contribution >= 0.6 is 0 Å². The molecule has 4 heteroatoms. The third-order valence-electron chi connectivity index (χ3n) is 3.68. The van der Waals surface area contributed by atoms with Gasteiger partial charge in [0.1, 0.15) is 5.82 Å². The molecule has 3 rings (SSSR count). The number of benzene rings is 2. The Labute approximate surface area is 128 Å². The van der Waals surface area contributed by atoms with Crippen LogP contribution < -0.4 is 11.1 Å². The van der Waals surface area contributed by atoms with E-state index < -0.39 is 5.97 Å². The molecule has 22 heavy (non-hydrogen) atoms. The van der Waals surface area contributed by atoms with E-state index in [0.717, 1.165) is 16.8 Å². The summed E-state index contributed by atoms with van der Waals surface area (Å²) >= 11 is 0. The molecular formula is C18H16N2O2. The molecule has 0 bridgehead atoms. The highest BCUT2D eigenvalue weighted by Gasteiger charge is 2.28. The summed E-state index contributed by atoms with van der Waals surface area (Å²) in [6, 6.07) is 19.2. The molecule has 0 spiro atoms. The number of nitrogens with one attached hydrogen (secondary N) is 1. The zero-order valence-corrected chi connectivity index (χ0v) is 11.9. The first-order chi connectivity index (χ1) is 10.7. The predicted octanol–water partition coefficient (Wildman–Crippen LogP) is 2.67. The van der Waals surface area contributed by atoms with Crippen LogP contribution in [-0.2, 0) is 4.79 Å². The van der Waals surface area contributed by atoms with Crippen LogP contribution in [0.25, 0.3) is 5.70 Å². The maximum Gasteiger partial charge on any atom is 0.336 e. The number of aliphatic carboxylic acids is 1. The van der Waals surface area contributed by atoms with Crippen molar-refractivity contribution in [3.8, 4) is 0 Å². The summed E-state index contributed by atoms with van der Waals surface area (Å²) in [5, 5.41) is 12.5. The van der Waals surface area contributed by atoms with E-state index in [2.05, 4.69) is 5.32 Å². The van der Waals surface area contributed by atoms with Crippen LogP contribution in [-0.4, -0.2) is 11.1 Å². The molecule has 2 aromatic rings. The molecule has 4 nitrogen and oxygen atoms in total. The van der Waals surface area contributed by atoms with Crippen LogP contribution in [0.1, 0.15) is 17.0 Å². The van der Waals surface area contributed by atoms with Crippen LogP contribution in [0.15, 0.2) is 78.1 Å². The Balaban J connectivity index is 2.09. The molecule has 1 aliphatic heterocycles. The van der Waals surface area contributed by atoms with Crippen molar-refractivity contribution in [3.63, 3.8) is 0 Å². The summed E-state index contributed by atoms with van der Waals surface area (Å²) in [7, 11) is 0. The van der Waals surface area contributed by atoms with Crippen LogP contribution in [0.3, 0.4) is 0 Å². The lowest BCUT2D eigenvalue weighted by atomic mass is 9.87. The summed E-state index contributed by atoms with van der Waals surface area (Å²) in [5.74, 6) is -1.21. The number of allylic oxidation sites excluding steroid dienone is 1. The molecule has 0 aliphatic carbocycles. The monoisotopic (exact) mass is 292 g/mol. The molecule has 0 fully saturated rings. The Hall–Kier alpha value is -3.01. The second kappa shape index (κ2) is 5.77. The summed E-state index contributed by atoms with van der Waals surface area (Å²) < 4.78 is 0. The number of carboxylic acid groups (broad SMARTS) is 1. The smallest absolute Gasteiger partial charge is 0.336 e. The first-order valence-corrected chi connectivity index (χ1v) is 6.99. The molecular weight excluding hydrogens is 276 g/mol. The van der Waals surface area contributed by atoms with Gasteiger partial charge in [-0.2, -0.15) is 0 Å². The van der Waals surface area contributed by atoms with Crippen molar-refractivity contribution in [2.45, 2.75) is 5.92 Å². The average Bonchev–Trinajstić information content (AvgIpc) is 2.55. The highest BCUT2D eigenvalue weighted by molar-refractivity contribution is 5.92. The lowest BCUT2D eigenvalue weighted by Gasteiger charge is -2.25. The van der Waals surface area contributed by atoms with Crippen molar-refractivity contribution in [1.82, 2.24) is 5.32 Å². The van der Waals surface area contributed by atoms with Gasteiger partial charge in [-0.1, -0.05) is 60.7 Å². The van der Waals surface area contributed by atoms with E-state index in [-0.39, 0.29) is 17.3 Å². The van der Waals surface area contributed by atoms with E-state index in [1.807, 2.05) is 66.7 Å². The molecule has 1 unspecified atom stereocenters. The van der Waals surface area contributed by atoms with Crippen LogP contribution in [0.5, 0.6) is 0 Å². The van der Waals surface area contributed by atoms with Crippen molar-refractivity contribution >= 4 is 11.7 Å². The van der Waals surface area contributed by atoms with E-state index in [1.54, 1.807) is 0 Å². The van der Waals surface area contributed by atoms with Gasteiger partial charge in [-0.05, 0) is 17.2 Å². The maximum absolute atomic E-state index is 11.6. The Morgan fingerprint density at radius 2 is 1.59 bits per heavy atom. The maximum atomic E-state index is 11.6. The summed E-state index contributed by atoms with van der Waals surface area (Å²) in [5.41, 5.74) is 8.84. The standard InChI is InChI=1S/C18H16N2O2/c19-17-16(18(21)22)14(12-7-3-1-4-8-12)11-15(20-17)13-9-5-2-6-10-13/h1-11,14,20H,19H2,(H,21,22). The van der Waals surface area contributed by atoms with Crippen molar-refractivity contribution in [2.75, 3.05) is 0 Å². The van der Waals surface area contributed by atoms with Gasteiger partial charge in [0, 0.05) is 11.6 Å². The normalized spacial score (nSPS) is 17.6. The number of carboxylic acids is 1. The SMILES string of the molecule is NC1=C(C(=O)O)C(c2ccccc2)C=C(c2ccccc2)N1. The highest BCUT2D eigenvalue weighted by atomic mass is 16.4. The number of rotatable bonds is 3. The molecule has 0 saturated carbocycles. The third-order valence-corrected chi connectivity index (χ3v) is 3.68. The van der Waals surface area contributed by atoms with Gasteiger partial charge in [0.05, 0.1) is 5.57 Å². The van der Waals surface area contributed by atoms with E-state index >= 15 is 0 Å². The quantitative estimate of drug-likeness (QED) is 0.813. The topological polar surface area (TPSA) is 75.4 Å². The zero-order chi connectivity index (χ0) is 15.5. The number of hydrogen-bond donors (Lipinski definition) is 3. The van der Waals surface area contributed by atoms with Crippen molar-refractivity contribution in [1.29, 1.82) is 0 Å². The fourth-order valence-corrected chi connectivity index (χ4v) is 2.63. The highest BCUT2D eigenvalue weighted by Crippen LogP contribution is 2.33. The van der Waals surface area contributed by atoms with Crippen LogP contribution in [0, 0.1) is 0 Å². The Kier molecular flexibility index (Phi) is 3.66. The van der Waals surface area contributed by atoms with Crippen molar-refractivity contribution in [3.05, 3.63) is 89.3 Å². The molecule has 0 radical (unpaired) electrons. The van der Waals surface area contributed by atoms with E-state index in [1.165, 1.54) is 0 Å². The molecule has 0 saturated heterocycles. The Morgan fingerprint density at radius 3 is 2.18 bits per heavy atom. The van der Waals surface area contributed by atoms with E-state index in [9.17, 15) is 9.90 Å². The minimum Gasteiger partial charge on any atom is -0.478 e. The van der Waals surface area contributed by atoms with Crippen LogP contribution in [0.4, 0.5) is 0 Å². The summed E-state index contributed by atoms with van der Waals surface area (Å²) in [6.45, 7) is 0. The van der Waals surface area contributed by atoms with Gasteiger partial charge in [0.2, 0.25) is 0 Å². The zero-order valence-electron chi connectivity index (χ0n) is 11.9. The molecule has 110 valence electrons. The predicted molar refractivity (Wildman–Crippen MR) is 85.6 cm³/mol. The van der Waals surface area contributed by atoms with Crippen molar-refractivity contribution < 1.29 is 9.90 Å². The fourth-order valence-electron chi connectivity index (χ4n) is 2.63. The Bertz CT molecular complexity index is 749. The lowest BCUT2D eigenvalue weighted by molar-refractivity contribution is -0.133. The first kappa shape index (κ1) is 13.9. The van der Waals surface area contributed by atoms with Gasteiger partial charge in [0.25, 0.3) is 0 Å². The van der Waals surface area contributed by atoms with Gasteiger partial charge in [-0.3, -0.25) is 0 Å². The molecule has 0 aromatic heterocycles.